The van der Waals surface area contributed by atoms with Gasteiger partial charge in [-0.25, -0.2) is 13.4 Å². The molecular weight excluding hydrogens is 564 g/mol. The molecule has 15 heteroatoms. The molecule has 0 saturated carbocycles. The first-order valence-electron chi connectivity index (χ1n) is 14.5. The fourth-order valence-electron chi connectivity index (χ4n) is 5.37. The SMILES string of the molecule is CCCc1n[nH]c(C(N)=O)c1C(CNC(=O)c1cc(S(=O)(=O)N2CCN(CC)CC2)cnc1OCC)N1CCOCC1. The first-order chi connectivity index (χ1) is 20.2. The molecule has 4 N–H and O–H groups in total. The van der Waals surface area contributed by atoms with E-state index in [-0.39, 0.29) is 35.2 Å². The average Bonchev–Trinajstić information content (AvgIpc) is 3.42. The van der Waals surface area contributed by atoms with Gasteiger partial charge in [0.2, 0.25) is 15.9 Å². The number of hydrogen-bond acceptors (Lipinski definition) is 10. The third-order valence-corrected chi connectivity index (χ3v) is 9.52. The highest BCUT2D eigenvalue weighted by Crippen LogP contribution is 2.29. The molecule has 1 unspecified atom stereocenters. The lowest BCUT2D eigenvalue weighted by Gasteiger charge is -2.35. The van der Waals surface area contributed by atoms with Crippen LogP contribution in [0.3, 0.4) is 0 Å². The summed E-state index contributed by atoms with van der Waals surface area (Å²) >= 11 is 0. The minimum atomic E-state index is -3.87. The number of likely N-dealkylation sites (N-methyl/N-ethyl adjacent to an activating group) is 1. The van der Waals surface area contributed by atoms with Gasteiger partial charge in [0.25, 0.3) is 11.8 Å². The monoisotopic (exact) mass is 606 g/mol. The van der Waals surface area contributed by atoms with Gasteiger partial charge in [-0.15, -0.1) is 0 Å². The third-order valence-electron chi connectivity index (χ3n) is 7.66. The van der Waals surface area contributed by atoms with Crippen LogP contribution < -0.4 is 15.8 Å². The third kappa shape index (κ3) is 7.09. The number of hydrogen-bond donors (Lipinski definition) is 3. The van der Waals surface area contributed by atoms with Crippen molar-refractivity contribution in [1.29, 1.82) is 0 Å². The van der Waals surface area contributed by atoms with Gasteiger partial charge < -0.3 is 25.4 Å². The fraction of sp³-hybridized carbons (Fsp3) is 0.630. The molecule has 0 bridgehead atoms. The zero-order valence-electron chi connectivity index (χ0n) is 24.6. The van der Waals surface area contributed by atoms with Gasteiger partial charge in [-0.3, -0.25) is 19.6 Å². The average molecular weight is 607 g/mol. The Morgan fingerprint density at radius 3 is 2.48 bits per heavy atom. The Morgan fingerprint density at radius 2 is 1.86 bits per heavy atom. The van der Waals surface area contributed by atoms with E-state index in [4.69, 9.17) is 15.2 Å². The summed E-state index contributed by atoms with van der Waals surface area (Å²) < 4.78 is 39.5. The van der Waals surface area contributed by atoms with E-state index in [1.807, 2.05) is 13.8 Å². The summed E-state index contributed by atoms with van der Waals surface area (Å²) in [6.45, 7) is 11.2. The van der Waals surface area contributed by atoms with Crippen molar-refractivity contribution < 1.29 is 27.5 Å². The quantitative estimate of drug-likeness (QED) is 0.289. The number of nitrogens with two attached hydrogens (primary N) is 1. The second-order valence-corrected chi connectivity index (χ2v) is 12.2. The van der Waals surface area contributed by atoms with E-state index in [1.165, 1.54) is 16.6 Å². The summed E-state index contributed by atoms with van der Waals surface area (Å²) in [6.07, 6.45) is 2.66. The Hall–Kier alpha value is -3.11. The number of piperazine rings is 1. The maximum absolute atomic E-state index is 13.7. The molecule has 1 atom stereocenters. The molecule has 42 heavy (non-hydrogen) atoms. The Labute approximate surface area is 247 Å². The Bertz CT molecular complexity index is 1340. The number of nitrogens with one attached hydrogen (secondary N) is 2. The number of nitrogens with zero attached hydrogens (tertiary/aromatic N) is 5. The largest absolute Gasteiger partial charge is 0.477 e. The summed E-state index contributed by atoms with van der Waals surface area (Å²) in [4.78, 5) is 34.5. The van der Waals surface area contributed by atoms with Crippen molar-refractivity contribution in [3.63, 3.8) is 0 Å². The molecule has 232 valence electrons. The molecule has 4 heterocycles. The molecule has 2 saturated heterocycles. The molecular formula is C27H42N8O6S. The normalized spacial score (nSPS) is 18.1. The van der Waals surface area contributed by atoms with Crippen molar-refractivity contribution in [2.24, 2.45) is 5.73 Å². The van der Waals surface area contributed by atoms with Gasteiger partial charge in [0.1, 0.15) is 16.2 Å². The van der Waals surface area contributed by atoms with Crippen LogP contribution in [-0.2, 0) is 21.2 Å². The number of sulfonamides is 1. The lowest BCUT2D eigenvalue weighted by molar-refractivity contribution is 0.0159. The molecule has 2 fully saturated rings. The number of carbonyl (C=O) groups excluding carboxylic acids is 2. The number of morpholine rings is 1. The molecule has 14 nitrogen and oxygen atoms in total. The minimum Gasteiger partial charge on any atom is -0.477 e. The van der Waals surface area contributed by atoms with Crippen molar-refractivity contribution in [3.8, 4) is 5.88 Å². The van der Waals surface area contributed by atoms with Crippen molar-refractivity contribution in [3.05, 3.63) is 34.8 Å². The van der Waals surface area contributed by atoms with Crippen molar-refractivity contribution >= 4 is 21.8 Å². The number of primary amides is 1. The first kappa shape index (κ1) is 31.8. The number of rotatable bonds is 13. The molecule has 0 aliphatic carbocycles. The minimum absolute atomic E-state index is 0.0157. The predicted molar refractivity (Wildman–Crippen MR) is 155 cm³/mol. The number of ether oxygens (including phenoxy) is 2. The molecule has 0 radical (unpaired) electrons. The molecule has 2 aromatic heterocycles. The van der Waals surface area contributed by atoms with E-state index < -0.39 is 27.9 Å². The smallest absolute Gasteiger partial charge is 0.267 e. The van der Waals surface area contributed by atoms with Crippen LogP contribution in [0.5, 0.6) is 5.88 Å². The van der Waals surface area contributed by atoms with E-state index in [0.717, 1.165) is 13.0 Å². The van der Waals surface area contributed by atoms with Crippen LogP contribution in [0.2, 0.25) is 0 Å². The van der Waals surface area contributed by atoms with Crippen LogP contribution in [0.4, 0.5) is 0 Å². The van der Waals surface area contributed by atoms with Crippen LogP contribution in [0.25, 0.3) is 0 Å². The van der Waals surface area contributed by atoms with Crippen molar-refractivity contribution in [2.75, 3.05) is 72.2 Å². The zero-order chi connectivity index (χ0) is 30.3. The second-order valence-electron chi connectivity index (χ2n) is 10.2. The highest BCUT2D eigenvalue weighted by Gasteiger charge is 2.33. The lowest BCUT2D eigenvalue weighted by Crippen LogP contribution is -2.48. The second kappa shape index (κ2) is 14.4. The van der Waals surface area contributed by atoms with Crippen molar-refractivity contribution in [1.82, 2.24) is 34.6 Å². The van der Waals surface area contributed by atoms with Gasteiger partial charge in [-0.2, -0.15) is 9.40 Å². The van der Waals surface area contributed by atoms with E-state index in [2.05, 4.69) is 30.3 Å². The zero-order valence-corrected chi connectivity index (χ0v) is 25.4. The number of aromatic amines is 1. The molecule has 4 rings (SSSR count). The van der Waals surface area contributed by atoms with E-state index in [1.54, 1.807) is 6.92 Å². The summed E-state index contributed by atoms with van der Waals surface area (Å²) in [5, 5.41) is 10.1. The van der Waals surface area contributed by atoms with Crippen LogP contribution in [0, 0.1) is 0 Å². The van der Waals surface area contributed by atoms with Gasteiger partial charge in [0.15, 0.2) is 0 Å². The highest BCUT2D eigenvalue weighted by atomic mass is 32.2. The Morgan fingerprint density at radius 1 is 1.14 bits per heavy atom. The molecule has 0 aromatic carbocycles. The summed E-state index contributed by atoms with van der Waals surface area (Å²) in [5.41, 5.74) is 7.28. The fourth-order valence-corrected chi connectivity index (χ4v) is 6.77. The number of aromatic nitrogens is 3. The van der Waals surface area contributed by atoms with E-state index >= 15 is 0 Å². The number of H-pyrrole nitrogens is 1. The number of carbonyl (C=O) groups is 2. The Kier molecular flexibility index (Phi) is 10.9. The molecule has 0 spiro atoms. The van der Waals surface area contributed by atoms with Gasteiger partial charge in [-0.05, 0) is 26.0 Å². The Balaban J connectivity index is 1.62. The van der Waals surface area contributed by atoms with E-state index in [9.17, 15) is 18.0 Å². The van der Waals surface area contributed by atoms with Crippen LogP contribution >= 0.6 is 0 Å². The van der Waals surface area contributed by atoms with Crippen molar-refractivity contribution in [2.45, 2.75) is 44.6 Å². The molecule has 2 aliphatic rings. The van der Waals surface area contributed by atoms with Gasteiger partial charge in [0.05, 0.1) is 37.8 Å². The van der Waals surface area contributed by atoms with Gasteiger partial charge in [-0.1, -0.05) is 20.3 Å². The van der Waals surface area contributed by atoms with Crippen LogP contribution in [-0.4, -0.2) is 122 Å². The topological polar surface area (TPSA) is 176 Å². The maximum atomic E-state index is 13.7. The highest BCUT2D eigenvalue weighted by molar-refractivity contribution is 7.89. The van der Waals surface area contributed by atoms with Crippen LogP contribution in [0.15, 0.2) is 17.2 Å². The van der Waals surface area contributed by atoms with Gasteiger partial charge >= 0.3 is 0 Å². The maximum Gasteiger partial charge on any atom is 0.267 e. The van der Waals surface area contributed by atoms with E-state index in [0.29, 0.717) is 70.2 Å². The van der Waals surface area contributed by atoms with Gasteiger partial charge in [0, 0.05) is 51.4 Å². The summed E-state index contributed by atoms with van der Waals surface area (Å²) in [7, 11) is -3.87. The predicted octanol–water partition coefficient (Wildman–Crippen LogP) is 0.384. The lowest BCUT2D eigenvalue weighted by atomic mass is 9.98. The summed E-state index contributed by atoms with van der Waals surface area (Å²) in [6, 6.07) is 0.902. The van der Waals surface area contributed by atoms with Crippen LogP contribution in [0.1, 0.15) is 65.3 Å². The molecule has 2 aromatic rings. The first-order valence-corrected chi connectivity index (χ1v) is 16.0. The standard InChI is InChI=1S/C27H42N8O6S/c1-4-7-21-23(24(25(28)36)32-31-21)22(34-12-14-40-15-13-34)18-29-26(37)20-16-19(17-30-27(20)41-6-3)42(38,39)35-10-8-33(5-2)9-11-35/h16-17,22H,4-15,18H2,1-3H3,(H2,28,36)(H,29,37)(H,31,32). The molecule has 2 aliphatic heterocycles. The summed E-state index contributed by atoms with van der Waals surface area (Å²) in [5.74, 6) is -1.14. The number of aryl methyl sites for hydroxylation is 1. The number of amides is 2. The number of pyridine rings is 1. The molecule has 2 amide bonds.